The number of carbonyl (C=O) groups is 1. The zero-order valence-electron chi connectivity index (χ0n) is 7.59. The van der Waals surface area contributed by atoms with Crippen LogP contribution in [0.3, 0.4) is 0 Å². The van der Waals surface area contributed by atoms with Crippen LogP contribution in [0.4, 0.5) is 0 Å². The number of carbonyl (C=O) groups excluding carboxylic acids is 1. The highest BCUT2D eigenvalue weighted by Gasteiger charge is 2.08. The predicted molar refractivity (Wildman–Crippen MR) is 44.4 cm³/mol. The number of rotatable bonds is 5. The van der Waals surface area contributed by atoms with Crippen molar-refractivity contribution in [3.8, 4) is 0 Å². The fourth-order valence-corrected chi connectivity index (χ4v) is 0.944. The van der Waals surface area contributed by atoms with Crippen LogP contribution in [0.25, 0.3) is 0 Å². The molecule has 0 radical (unpaired) electrons. The number of hydrogen-bond acceptors (Lipinski definition) is 2. The number of hydrogen-bond donors (Lipinski definition) is 0. The van der Waals surface area contributed by atoms with E-state index >= 15 is 0 Å². The Balaban J connectivity index is 3.71. The Morgan fingerprint density at radius 2 is 2.09 bits per heavy atom. The highest BCUT2D eigenvalue weighted by molar-refractivity contribution is 5.77. The molecule has 0 aliphatic carbocycles. The third-order valence-electron chi connectivity index (χ3n) is 1.50. The van der Waals surface area contributed by atoms with Crippen LogP contribution in [0.1, 0.15) is 20.3 Å². The van der Waals surface area contributed by atoms with Gasteiger partial charge in [0.1, 0.15) is 6.61 Å². The van der Waals surface area contributed by atoms with E-state index in [0.29, 0.717) is 0 Å². The normalized spacial score (nSPS) is 9.73. The second-order valence-electron chi connectivity index (χ2n) is 2.41. The van der Waals surface area contributed by atoms with Crippen molar-refractivity contribution in [2.45, 2.75) is 20.3 Å². The first-order valence-electron chi connectivity index (χ1n) is 4.02. The van der Waals surface area contributed by atoms with E-state index in [-0.39, 0.29) is 12.5 Å². The van der Waals surface area contributed by atoms with E-state index in [9.17, 15) is 4.79 Å². The average Bonchev–Trinajstić information content (AvgIpc) is 2.00. The fourth-order valence-electron chi connectivity index (χ4n) is 0.944. The maximum absolute atomic E-state index is 11.2. The van der Waals surface area contributed by atoms with Gasteiger partial charge in [-0.1, -0.05) is 6.92 Å². The van der Waals surface area contributed by atoms with Crippen molar-refractivity contribution in [3.05, 3.63) is 0 Å². The highest BCUT2D eigenvalue weighted by Crippen LogP contribution is 1.91. The van der Waals surface area contributed by atoms with E-state index in [1.165, 1.54) is 7.11 Å². The van der Waals surface area contributed by atoms with Gasteiger partial charge in [0, 0.05) is 20.2 Å². The summed E-state index contributed by atoms with van der Waals surface area (Å²) in [6.07, 6.45) is 1.00. The summed E-state index contributed by atoms with van der Waals surface area (Å²) in [6, 6.07) is 0. The van der Waals surface area contributed by atoms with Crippen LogP contribution in [0.5, 0.6) is 0 Å². The molecule has 66 valence electrons. The molecule has 0 bridgehead atoms. The zero-order chi connectivity index (χ0) is 8.69. The van der Waals surface area contributed by atoms with Crippen LogP contribution in [0.2, 0.25) is 0 Å². The Morgan fingerprint density at radius 3 is 2.45 bits per heavy atom. The second kappa shape index (κ2) is 6.16. The van der Waals surface area contributed by atoms with E-state index in [1.807, 2.05) is 6.92 Å². The van der Waals surface area contributed by atoms with Gasteiger partial charge in [-0.2, -0.15) is 0 Å². The third-order valence-corrected chi connectivity index (χ3v) is 1.50. The van der Waals surface area contributed by atoms with Crippen LogP contribution in [-0.2, 0) is 9.53 Å². The third kappa shape index (κ3) is 3.98. The molecule has 0 aliphatic rings. The minimum absolute atomic E-state index is 0.0804. The van der Waals surface area contributed by atoms with Crippen molar-refractivity contribution in [2.75, 3.05) is 26.8 Å². The molecule has 3 nitrogen and oxygen atoms in total. The molecule has 0 unspecified atom stereocenters. The summed E-state index contributed by atoms with van der Waals surface area (Å²) in [5.41, 5.74) is 0. The summed E-state index contributed by atoms with van der Waals surface area (Å²) >= 11 is 0. The van der Waals surface area contributed by atoms with E-state index in [1.54, 1.807) is 4.90 Å². The Bertz CT molecular complexity index is 115. The second-order valence-corrected chi connectivity index (χ2v) is 2.41. The maximum Gasteiger partial charge on any atom is 0.248 e. The molecule has 3 heteroatoms. The topological polar surface area (TPSA) is 29.5 Å². The van der Waals surface area contributed by atoms with Crippen LogP contribution < -0.4 is 0 Å². The number of methoxy groups -OCH3 is 1. The Kier molecular flexibility index (Phi) is 5.84. The molecular weight excluding hydrogens is 142 g/mol. The van der Waals surface area contributed by atoms with Gasteiger partial charge in [-0.25, -0.2) is 0 Å². The summed E-state index contributed by atoms with van der Waals surface area (Å²) in [5, 5.41) is 0. The van der Waals surface area contributed by atoms with E-state index in [0.717, 1.165) is 19.5 Å². The number of amides is 1. The first kappa shape index (κ1) is 10.4. The molecule has 0 saturated heterocycles. The Labute approximate surface area is 68.3 Å². The molecule has 0 aliphatic heterocycles. The summed E-state index contributed by atoms with van der Waals surface area (Å²) < 4.78 is 4.74. The Morgan fingerprint density at radius 1 is 1.45 bits per heavy atom. The van der Waals surface area contributed by atoms with Crippen molar-refractivity contribution in [3.63, 3.8) is 0 Å². The average molecular weight is 159 g/mol. The van der Waals surface area contributed by atoms with E-state index in [4.69, 9.17) is 4.74 Å². The quantitative estimate of drug-likeness (QED) is 0.596. The molecule has 0 spiro atoms. The van der Waals surface area contributed by atoms with Crippen molar-refractivity contribution < 1.29 is 9.53 Å². The van der Waals surface area contributed by atoms with Crippen LogP contribution in [-0.4, -0.2) is 37.6 Å². The first-order valence-corrected chi connectivity index (χ1v) is 4.02. The molecule has 0 aromatic rings. The summed E-state index contributed by atoms with van der Waals surface area (Å²) in [7, 11) is 1.54. The minimum atomic E-state index is 0.0804. The summed E-state index contributed by atoms with van der Waals surface area (Å²) in [6.45, 7) is 5.84. The SMILES string of the molecule is CCCN(CC)C(=O)COC. The van der Waals surface area contributed by atoms with E-state index in [2.05, 4.69) is 6.92 Å². The van der Waals surface area contributed by atoms with Gasteiger partial charge in [-0.05, 0) is 13.3 Å². The van der Waals surface area contributed by atoms with Crippen LogP contribution in [0, 0.1) is 0 Å². The molecule has 1 amide bonds. The standard InChI is InChI=1S/C8H17NO2/c1-4-6-9(5-2)8(10)7-11-3/h4-7H2,1-3H3. The lowest BCUT2D eigenvalue weighted by Gasteiger charge is -2.19. The molecular formula is C8H17NO2. The summed E-state index contributed by atoms with van der Waals surface area (Å²) in [5.74, 6) is 0.0804. The van der Waals surface area contributed by atoms with Gasteiger partial charge in [0.05, 0.1) is 0 Å². The number of likely N-dealkylation sites (N-methyl/N-ethyl adjacent to an activating group) is 1. The van der Waals surface area contributed by atoms with Gasteiger partial charge >= 0.3 is 0 Å². The van der Waals surface area contributed by atoms with Gasteiger partial charge in [0.25, 0.3) is 0 Å². The molecule has 0 heterocycles. The molecule has 0 N–H and O–H groups in total. The maximum atomic E-state index is 11.2. The molecule has 0 aromatic carbocycles. The first-order chi connectivity index (χ1) is 5.26. The van der Waals surface area contributed by atoms with Gasteiger partial charge in [0.2, 0.25) is 5.91 Å². The number of ether oxygens (including phenoxy) is 1. The molecule has 11 heavy (non-hydrogen) atoms. The highest BCUT2D eigenvalue weighted by atomic mass is 16.5. The van der Waals surface area contributed by atoms with Crippen molar-refractivity contribution in [1.82, 2.24) is 4.90 Å². The molecule has 0 atom stereocenters. The minimum Gasteiger partial charge on any atom is -0.375 e. The number of nitrogens with zero attached hydrogens (tertiary/aromatic N) is 1. The van der Waals surface area contributed by atoms with Gasteiger partial charge in [-0.3, -0.25) is 4.79 Å². The van der Waals surface area contributed by atoms with Gasteiger partial charge in [-0.15, -0.1) is 0 Å². The van der Waals surface area contributed by atoms with Gasteiger partial charge in [0.15, 0.2) is 0 Å². The van der Waals surface area contributed by atoms with Crippen molar-refractivity contribution >= 4 is 5.91 Å². The monoisotopic (exact) mass is 159 g/mol. The fraction of sp³-hybridized carbons (Fsp3) is 0.875. The van der Waals surface area contributed by atoms with E-state index < -0.39 is 0 Å². The van der Waals surface area contributed by atoms with Crippen LogP contribution in [0.15, 0.2) is 0 Å². The molecule has 0 rings (SSSR count). The largest absolute Gasteiger partial charge is 0.375 e. The lowest BCUT2D eigenvalue weighted by Crippen LogP contribution is -2.34. The lowest BCUT2D eigenvalue weighted by molar-refractivity contribution is -0.134. The molecule has 0 saturated carbocycles. The predicted octanol–water partition coefficient (Wildman–Crippen LogP) is 0.891. The van der Waals surface area contributed by atoms with Crippen molar-refractivity contribution in [1.29, 1.82) is 0 Å². The molecule has 0 aromatic heterocycles. The smallest absolute Gasteiger partial charge is 0.248 e. The molecule has 0 fully saturated rings. The van der Waals surface area contributed by atoms with Crippen molar-refractivity contribution in [2.24, 2.45) is 0 Å². The lowest BCUT2D eigenvalue weighted by atomic mass is 10.4. The van der Waals surface area contributed by atoms with Crippen LogP contribution >= 0.6 is 0 Å². The Hall–Kier alpha value is -0.570. The summed E-state index contributed by atoms with van der Waals surface area (Å²) in [4.78, 5) is 13.0. The van der Waals surface area contributed by atoms with Gasteiger partial charge < -0.3 is 9.64 Å². The zero-order valence-corrected chi connectivity index (χ0v) is 7.59.